The minimum absolute atomic E-state index is 0.0924. The summed E-state index contributed by atoms with van der Waals surface area (Å²) in [6, 6.07) is 6.12. The molecule has 0 saturated carbocycles. The van der Waals surface area contributed by atoms with Crippen LogP contribution in [0.5, 0.6) is 11.5 Å². The van der Waals surface area contributed by atoms with Crippen LogP contribution in [0.4, 0.5) is 13.2 Å². The summed E-state index contributed by atoms with van der Waals surface area (Å²) in [5.74, 6) is -0.226. The average molecular weight is 291 g/mol. The second-order valence-corrected chi connectivity index (χ2v) is 4.49. The zero-order valence-corrected chi connectivity index (χ0v) is 11.7. The fourth-order valence-corrected chi connectivity index (χ4v) is 1.78. The van der Waals surface area contributed by atoms with Crippen LogP contribution in [-0.4, -0.2) is 25.6 Å². The first-order valence-corrected chi connectivity index (χ1v) is 6.63. The van der Waals surface area contributed by atoms with Crippen LogP contribution in [0.2, 0.25) is 0 Å². The zero-order valence-electron chi connectivity index (χ0n) is 11.7. The summed E-state index contributed by atoms with van der Waals surface area (Å²) >= 11 is 0. The van der Waals surface area contributed by atoms with E-state index in [9.17, 15) is 13.2 Å². The van der Waals surface area contributed by atoms with E-state index in [1.54, 1.807) is 6.07 Å². The summed E-state index contributed by atoms with van der Waals surface area (Å²) in [5.41, 5.74) is 0. The van der Waals surface area contributed by atoms with Crippen LogP contribution in [-0.2, 0) is 0 Å². The molecule has 20 heavy (non-hydrogen) atoms. The second-order valence-electron chi connectivity index (χ2n) is 4.49. The average Bonchev–Trinajstić information content (AvgIpc) is 2.35. The predicted octanol–water partition coefficient (Wildman–Crippen LogP) is 3.74. The molecule has 1 rings (SSSR count). The molecule has 0 saturated heterocycles. The highest BCUT2D eigenvalue weighted by Gasteiger charge is 2.32. The summed E-state index contributed by atoms with van der Waals surface area (Å²) < 4.78 is 45.9. The van der Waals surface area contributed by atoms with Gasteiger partial charge in [0.1, 0.15) is 6.61 Å². The number of rotatable bonds is 8. The Bertz CT molecular complexity index is 396. The predicted molar refractivity (Wildman–Crippen MR) is 71.0 cm³/mol. The van der Waals surface area contributed by atoms with Gasteiger partial charge in [0, 0.05) is 12.6 Å². The van der Waals surface area contributed by atoms with E-state index in [0.717, 1.165) is 12.8 Å². The molecular formula is C14H20F3NO2. The van der Waals surface area contributed by atoms with Gasteiger partial charge in [0.2, 0.25) is 0 Å². The molecule has 0 radical (unpaired) electrons. The van der Waals surface area contributed by atoms with Crippen molar-refractivity contribution in [3.05, 3.63) is 24.3 Å². The molecule has 1 unspecified atom stereocenters. The highest BCUT2D eigenvalue weighted by molar-refractivity contribution is 5.39. The molecule has 114 valence electrons. The third-order valence-corrected chi connectivity index (χ3v) is 2.65. The smallest absolute Gasteiger partial charge is 0.488 e. The van der Waals surface area contributed by atoms with Gasteiger partial charge in [0.05, 0.1) is 0 Å². The van der Waals surface area contributed by atoms with E-state index in [2.05, 4.69) is 23.9 Å². The van der Waals surface area contributed by atoms with Gasteiger partial charge in [-0.3, -0.25) is 0 Å². The summed E-state index contributed by atoms with van der Waals surface area (Å²) in [4.78, 5) is 0. The van der Waals surface area contributed by atoms with Gasteiger partial charge in [0.25, 0.3) is 0 Å². The van der Waals surface area contributed by atoms with E-state index in [-0.39, 0.29) is 18.1 Å². The lowest BCUT2D eigenvalue weighted by Gasteiger charge is -2.15. The molecule has 0 amide bonds. The van der Waals surface area contributed by atoms with E-state index >= 15 is 0 Å². The number of hydrogen-bond donors (Lipinski definition) is 1. The van der Waals surface area contributed by atoms with Crippen LogP contribution in [0.3, 0.4) is 0 Å². The Hall–Kier alpha value is -1.43. The van der Waals surface area contributed by atoms with Crippen molar-refractivity contribution in [2.75, 3.05) is 13.2 Å². The van der Waals surface area contributed by atoms with Gasteiger partial charge in [-0.05, 0) is 25.5 Å². The van der Waals surface area contributed by atoms with Gasteiger partial charge in [-0.2, -0.15) is 0 Å². The third kappa shape index (κ3) is 6.65. The van der Waals surface area contributed by atoms with Crippen LogP contribution in [0.1, 0.15) is 26.7 Å². The minimum Gasteiger partial charge on any atom is -0.488 e. The quantitative estimate of drug-likeness (QED) is 0.740. The fraction of sp³-hybridized carbons (Fsp3) is 0.571. The first kappa shape index (κ1) is 16.6. The molecule has 1 aromatic carbocycles. The Morgan fingerprint density at radius 2 is 1.85 bits per heavy atom. The maximum absolute atomic E-state index is 12.2. The molecule has 0 aliphatic heterocycles. The Morgan fingerprint density at radius 3 is 2.45 bits per heavy atom. The lowest BCUT2D eigenvalue weighted by atomic mass is 10.2. The van der Waals surface area contributed by atoms with Crippen molar-refractivity contribution in [3.63, 3.8) is 0 Å². The minimum atomic E-state index is -4.71. The van der Waals surface area contributed by atoms with Crippen LogP contribution in [0.15, 0.2) is 24.3 Å². The maximum Gasteiger partial charge on any atom is 0.573 e. The third-order valence-electron chi connectivity index (χ3n) is 2.65. The summed E-state index contributed by atoms with van der Waals surface area (Å²) in [6.07, 6.45) is -2.58. The van der Waals surface area contributed by atoms with Crippen LogP contribution < -0.4 is 14.8 Å². The van der Waals surface area contributed by atoms with Crippen molar-refractivity contribution in [3.8, 4) is 11.5 Å². The lowest BCUT2D eigenvalue weighted by Crippen LogP contribution is -2.30. The molecule has 3 nitrogen and oxygen atoms in total. The first-order valence-electron chi connectivity index (χ1n) is 6.63. The van der Waals surface area contributed by atoms with Crippen molar-refractivity contribution >= 4 is 0 Å². The second kappa shape index (κ2) is 7.99. The topological polar surface area (TPSA) is 30.5 Å². The van der Waals surface area contributed by atoms with E-state index < -0.39 is 6.36 Å². The normalized spacial score (nSPS) is 13.1. The van der Waals surface area contributed by atoms with E-state index in [4.69, 9.17) is 4.74 Å². The largest absolute Gasteiger partial charge is 0.573 e. The zero-order chi connectivity index (χ0) is 15.0. The number of alkyl halides is 3. The number of ether oxygens (including phenoxy) is 2. The Labute approximate surface area is 117 Å². The molecule has 1 aromatic rings. The van der Waals surface area contributed by atoms with Crippen LogP contribution in [0.25, 0.3) is 0 Å². The van der Waals surface area contributed by atoms with Gasteiger partial charge < -0.3 is 14.8 Å². The monoisotopic (exact) mass is 291 g/mol. The summed E-state index contributed by atoms with van der Waals surface area (Å²) in [6.45, 7) is 5.01. The molecule has 0 aliphatic rings. The van der Waals surface area contributed by atoms with Gasteiger partial charge >= 0.3 is 6.36 Å². The van der Waals surface area contributed by atoms with Gasteiger partial charge in [-0.15, -0.1) is 13.2 Å². The van der Waals surface area contributed by atoms with Gasteiger partial charge in [-0.1, -0.05) is 25.5 Å². The van der Waals surface area contributed by atoms with Crippen molar-refractivity contribution < 1.29 is 22.6 Å². The van der Waals surface area contributed by atoms with E-state index in [1.165, 1.54) is 18.2 Å². The van der Waals surface area contributed by atoms with E-state index in [1.807, 2.05) is 0 Å². The highest BCUT2D eigenvalue weighted by atomic mass is 19.4. The Kier molecular flexibility index (Phi) is 6.64. The number of para-hydroxylation sites is 2. The lowest BCUT2D eigenvalue weighted by molar-refractivity contribution is -0.275. The van der Waals surface area contributed by atoms with Crippen molar-refractivity contribution in [2.45, 2.75) is 39.1 Å². The molecule has 0 fully saturated rings. The summed E-state index contributed by atoms with van der Waals surface area (Å²) in [7, 11) is 0. The molecule has 1 N–H and O–H groups in total. The molecule has 0 aliphatic carbocycles. The number of hydrogen-bond acceptors (Lipinski definition) is 3. The molecule has 1 atom stereocenters. The molecule has 0 heterocycles. The van der Waals surface area contributed by atoms with Gasteiger partial charge in [0.15, 0.2) is 11.5 Å². The van der Waals surface area contributed by atoms with Crippen molar-refractivity contribution in [1.29, 1.82) is 0 Å². The SMILES string of the molecule is CCCC(C)NCCOc1ccccc1OC(F)(F)F. The fourth-order valence-electron chi connectivity index (χ4n) is 1.78. The first-order chi connectivity index (χ1) is 9.42. The number of nitrogens with one attached hydrogen (secondary N) is 1. The highest BCUT2D eigenvalue weighted by Crippen LogP contribution is 2.31. The summed E-state index contributed by atoms with van der Waals surface area (Å²) in [5, 5.41) is 3.23. The van der Waals surface area contributed by atoms with E-state index in [0.29, 0.717) is 12.6 Å². The van der Waals surface area contributed by atoms with Crippen molar-refractivity contribution in [1.82, 2.24) is 5.32 Å². The maximum atomic E-state index is 12.2. The van der Waals surface area contributed by atoms with Crippen LogP contribution >= 0.6 is 0 Å². The van der Waals surface area contributed by atoms with Crippen molar-refractivity contribution in [2.24, 2.45) is 0 Å². The standard InChI is InChI=1S/C14H20F3NO2/c1-3-6-11(2)18-9-10-19-12-7-4-5-8-13(12)20-14(15,16)17/h4-5,7-8,11,18H,3,6,9-10H2,1-2H3. The molecule has 0 aromatic heterocycles. The van der Waals surface area contributed by atoms with Gasteiger partial charge in [-0.25, -0.2) is 0 Å². The Balaban J connectivity index is 2.44. The molecule has 6 heteroatoms. The molecule has 0 spiro atoms. The molecular weight excluding hydrogens is 271 g/mol. The number of halogens is 3. The van der Waals surface area contributed by atoms with Crippen LogP contribution in [0, 0.1) is 0 Å². The number of benzene rings is 1. The Morgan fingerprint density at radius 1 is 1.20 bits per heavy atom. The molecule has 0 bridgehead atoms.